The molecule has 1 N–H and O–H groups in total. The predicted octanol–water partition coefficient (Wildman–Crippen LogP) is 3.12. The molecule has 138 valence electrons. The molecule has 1 aliphatic rings. The van der Waals surface area contributed by atoms with Crippen molar-refractivity contribution in [1.29, 1.82) is 0 Å². The number of hydrogen-bond acceptors (Lipinski definition) is 4. The van der Waals surface area contributed by atoms with E-state index in [0.29, 0.717) is 10.7 Å². The molecule has 2 aromatic rings. The van der Waals surface area contributed by atoms with Crippen LogP contribution in [-0.4, -0.2) is 49.2 Å². The van der Waals surface area contributed by atoms with Crippen molar-refractivity contribution in [3.8, 4) is 5.69 Å². The van der Waals surface area contributed by atoms with E-state index in [1.54, 1.807) is 10.7 Å². The van der Waals surface area contributed by atoms with Gasteiger partial charge in [-0.25, -0.2) is 9.67 Å². The Labute approximate surface area is 156 Å². The molecule has 1 fully saturated rings. The van der Waals surface area contributed by atoms with Gasteiger partial charge in [0.1, 0.15) is 5.82 Å². The van der Waals surface area contributed by atoms with E-state index in [2.05, 4.69) is 10.1 Å². The van der Waals surface area contributed by atoms with Gasteiger partial charge in [-0.3, -0.25) is 9.59 Å². The normalized spacial score (nSPS) is 13.8. The molecule has 8 heteroatoms. The van der Waals surface area contributed by atoms with Gasteiger partial charge in [-0.15, -0.1) is 5.10 Å². The van der Waals surface area contributed by atoms with Gasteiger partial charge in [-0.05, 0) is 38.8 Å². The molecule has 3 rings (SSSR count). The lowest BCUT2D eigenvalue weighted by Gasteiger charge is -2.24. The SMILES string of the molecule is CC(C)N(CCC(=O)O)C(=O)c1nc(C2CC2)n(-c2ccccc2Cl)n1. The van der Waals surface area contributed by atoms with Gasteiger partial charge in [0.25, 0.3) is 5.91 Å². The summed E-state index contributed by atoms with van der Waals surface area (Å²) in [5.41, 5.74) is 0.684. The maximum atomic E-state index is 12.9. The topological polar surface area (TPSA) is 88.3 Å². The number of carbonyl (C=O) groups is 2. The van der Waals surface area contributed by atoms with Gasteiger partial charge in [-0.1, -0.05) is 23.7 Å². The van der Waals surface area contributed by atoms with E-state index in [4.69, 9.17) is 16.7 Å². The summed E-state index contributed by atoms with van der Waals surface area (Å²) in [7, 11) is 0. The lowest BCUT2D eigenvalue weighted by atomic mass is 10.2. The molecule has 0 spiro atoms. The second kappa shape index (κ2) is 7.45. The number of carbonyl (C=O) groups excluding carboxylic acids is 1. The van der Waals surface area contributed by atoms with Crippen LogP contribution in [0.25, 0.3) is 5.69 Å². The third-order valence-corrected chi connectivity index (χ3v) is 4.62. The second-order valence-corrected chi connectivity index (χ2v) is 7.07. The summed E-state index contributed by atoms with van der Waals surface area (Å²) < 4.78 is 1.64. The minimum Gasteiger partial charge on any atom is -0.481 e. The highest BCUT2D eigenvalue weighted by atomic mass is 35.5. The molecule has 0 saturated heterocycles. The van der Waals surface area contributed by atoms with E-state index in [1.807, 2.05) is 32.0 Å². The van der Waals surface area contributed by atoms with Crippen molar-refractivity contribution >= 4 is 23.5 Å². The number of carboxylic acids is 1. The largest absolute Gasteiger partial charge is 0.481 e. The van der Waals surface area contributed by atoms with Crippen LogP contribution in [0.1, 0.15) is 55.5 Å². The van der Waals surface area contributed by atoms with Crippen LogP contribution in [0.3, 0.4) is 0 Å². The Hall–Kier alpha value is -2.41. The van der Waals surface area contributed by atoms with Crippen LogP contribution in [0.4, 0.5) is 0 Å². The fourth-order valence-corrected chi connectivity index (χ4v) is 2.98. The zero-order valence-corrected chi connectivity index (χ0v) is 15.5. The molecule has 1 heterocycles. The van der Waals surface area contributed by atoms with Crippen LogP contribution < -0.4 is 0 Å². The zero-order valence-electron chi connectivity index (χ0n) is 14.7. The number of hydrogen-bond donors (Lipinski definition) is 1. The van der Waals surface area contributed by atoms with Crippen LogP contribution in [0.15, 0.2) is 24.3 Å². The number of halogens is 1. The fraction of sp³-hybridized carbons (Fsp3) is 0.444. The van der Waals surface area contributed by atoms with Crippen molar-refractivity contribution in [1.82, 2.24) is 19.7 Å². The number of carboxylic acid groups (broad SMARTS) is 1. The molecule has 26 heavy (non-hydrogen) atoms. The van der Waals surface area contributed by atoms with Gasteiger partial charge in [0.15, 0.2) is 0 Å². The van der Waals surface area contributed by atoms with Crippen LogP contribution in [0, 0.1) is 0 Å². The highest BCUT2D eigenvalue weighted by molar-refractivity contribution is 6.32. The Kier molecular flexibility index (Phi) is 5.27. The van der Waals surface area contributed by atoms with E-state index in [0.717, 1.165) is 18.7 Å². The minimum atomic E-state index is -0.948. The average Bonchev–Trinajstić information content (AvgIpc) is 3.33. The van der Waals surface area contributed by atoms with Gasteiger partial charge in [0.2, 0.25) is 5.82 Å². The average molecular weight is 377 g/mol. The number of aliphatic carboxylic acids is 1. The van der Waals surface area contributed by atoms with E-state index in [9.17, 15) is 9.59 Å². The predicted molar refractivity (Wildman–Crippen MR) is 96.8 cm³/mol. The Balaban J connectivity index is 1.95. The highest BCUT2D eigenvalue weighted by Gasteiger charge is 2.33. The lowest BCUT2D eigenvalue weighted by molar-refractivity contribution is -0.137. The smallest absolute Gasteiger partial charge is 0.305 e. The summed E-state index contributed by atoms with van der Waals surface area (Å²) >= 11 is 6.29. The van der Waals surface area contributed by atoms with Crippen molar-refractivity contribution in [3.63, 3.8) is 0 Å². The summed E-state index contributed by atoms with van der Waals surface area (Å²) in [5.74, 6) is -0.244. The molecule has 0 unspecified atom stereocenters. The summed E-state index contributed by atoms with van der Waals surface area (Å²) in [6.45, 7) is 3.80. The molecule has 0 radical (unpaired) electrons. The molecule has 1 saturated carbocycles. The number of aromatic nitrogens is 3. The van der Waals surface area contributed by atoms with Crippen LogP contribution in [-0.2, 0) is 4.79 Å². The van der Waals surface area contributed by atoms with E-state index < -0.39 is 5.97 Å². The molecule has 0 aliphatic heterocycles. The number of amides is 1. The molecule has 0 atom stereocenters. The summed E-state index contributed by atoms with van der Waals surface area (Å²) in [6, 6.07) is 7.14. The first-order valence-electron chi connectivity index (χ1n) is 8.63. The van der Waals surface area contributed by atoms with Gasteiger partial charge in [-0.2, -0.15) is 0 Å². The van der Waals surface area contributed by atoms with Crippen LogP contribution in [0.2, 0.25) is 5.02 Å². The van der Waals surface area contributed by atoms with E-state index in [-0.39, 0.29) is 36.7 Å². The number of benzene rings is 1. The summed E-state index contributed by atoms with van der Waals surface area (Å²) in [6.07, 6.45) is 1.89. The molecule has 1 aromatic carbocycles. The molecule has 1 aliphatic carbocycles. The van der Waals surface area contributed by atoms with Crippen molar-refractivity contribution in [2.75, 3.05) is 6.54 Å². The second-order valence-electron chi connectivity index (χ2n) is 6.67. The lowest BCUT2D eigenvalue weighted by Crippen LogP contribution is -2.39. The van der Waals surface area contributed by atoms with Gasteiger partial charge < -0.3 is 10.0 Å². The number of nitrogens with zero attached hydrogens (tertiary/aromatic N) is 4. The summed E-state index contributed by atoms with van der Waals surface area (Å²) in [4.78, 5) is 29.7. The monoisotopic (exact) mass is 376 g/mol. The third kappa shape index (κ3) is 3.88. The van der Waals surface area contributed by atoms with Crippen molar-refractivity contribution in [2.24, 2.45) is 0 Å². The van der Waals surface area contributed by atoms with Gasteiger partial charge in [0, 0.05) is 18.5 Å². The number of rotatable bonds is 7. The Morgan fingerprint density at radius 2 is 2.04 bits per heavy atom. The Bertz CT molecular complexity index is 830. The fourth-order valence-electron chi connectivity index (χ4n) is 2.76. The molecule has 7 nitrogen and oxygen atoms in total. The first-order chi connectivity index (χ1) is 12.4. The Morgan fingerprint density at radius 1 is 1.35 bits per heavy atom. The standard InChI is InChI=1S/C18H21ClN4O3/c1-11(2)22(10-9-15(24)25)18(26)16-20-17(12-7-8-12)23(21-16)14-6-4-3-5-13(14)19/h3-6,11-12H,7-10H2,1-2H3,(H,24,25). The van der Waals surface area contributed by atoms with Crippen LogP contribution in [0.5, 0.6) is 0 Å². The highest BCUT2D eigenvalue weighted by Crippen LogP contribution is 2.40. The van der Waals surface area contributed by atoms with Crippen LogP contribution >= 0.6 is 11.6 Å². The molecular formula is C18H21ClN4O3. The van der Waals surface area contributed by atoms with Gasteiger partial charge in [0.05, 0.1) is 17.1 Å². The van der Waals surface area contributed by atoms with Crippen molar-refractivity contribution in [3.05, 3.63) is 40.9 Å². The maximum Gasteiger partial charge on any atom is 0.305 e. The molecule has 0 bridgehead atoms. The first kappa shape index (κ1) is 18.4. The third-order valence-electron chi connectivity index (χ3n) is 4.30. The maximum absolute atomic E-state index is 12.9. The quantitative estimate of drug-likeness (QED) is 0.802. The minimum absolute atomic E-state index is 0.0749. The molecular weight excluding hydrogens is 356 g/mol. The molecule has 1 aromatic heterocycles. The first-order valence-corrected chi connectivity index (χ1v) is 9.01. The van der Waals surface area contributed by atoms with E-state index >= 15 is 0 Å². The van der Waals surface area contributed by atoms with E-state index in [1.165, 1.54) is 4.90 Å². The van der Waals surface area contributed by atoms with Crippen molar-refractivity contribution < 1.29 is 14.7 Å². The summed E-state index contributed by atoms with van der Waals surface area (Å²) in [5, 5.41) is 13.9. The Morgan fingerprint density at radius 3 is 2.62 bits per heavy atom. The number of para-hydroxylation sites is 1. The van der Waals surface area contributed by atoms with Gasteiger partial charge >= 0.3 is 5.97 Å². The molecule has 1 amide bonds. The van der Waals surface area contributed by atoms with Crippen molar-refractivity contribution in [2.45, 2.75) is 45.1 Å². The zero-order chi connectivity index (χ0) is 18.8.